The van der Waals surface area contributed by atoms with Gasteiger partial charge in [-0.2, -0.15) is 0 Å². The summed E-state index contributed by atoms with van der Waals surface area (Å²) in [6.07, 6.45) is 5.68. The summed E-state index contributed by atoms with van der Waals surface area (Å²) in [4.78, 5) is 18.4. The number of hydrogen-bond donors (Lipinski definition) is 0. The highest BCUT2D eigenvalue weighted by Gasteiger charge is 2.37. The van der Waals surface area contributed by atoms with E-state index in [1.165, 1.54) is 12.1 Å². The van der Waals surface area contributed by atoms with Crippen LogP contribution in [0.25, 0.3) is 0 Å². The van der Waals surface area contributed by atoms with Gasteiger partial charge in [0.05, 0.1) is 0 Å². The number of pyridine rings is 1. The molecular formula is C19H21FN2O. The molecule has 0 saturated carbocycles. The van der Waals surface area contributed by atoms with Crippen LogP contribution in [-0.2, 0) is 16.6 Å². The molecule has 4 heteroatoms. The van der Waals surface area contributed by atoms with Crippen molar-refractivity contribution in [3.05, 3.63) is 65.7 Å². The first-order chi connectivity index (χ1) is 11.1. The molecule has 1 aromatic heterocycles. The van der Waals surface area contributed by atoms with E-state index >= 15 is 0 Å². The Morgan fingerprint density at radius 3 is 2.78 bits per heavy atom. The summed E-state index contributed by atoms with van der Waals surface area (Å²) in [7, 11) is 0. The SMILES string of the molecule is CC1(c2ccc(F)cc2)CCN(C(=O)CCc2cccnc2)C1. The lowest BCUT2D eigenvalue weighted by atomic mass is 9.82. The molecule has 3 rings (SSSR count). The highest BCUT2D eigenvalue weighted by molar-refractivity contribution is 5.77. The van der Waals surface area contributed by atoms with Crippen LogP contribution in [0.4, 0.5) is 4.39 Å². The number of hydrogen-bond acceptors (Lipinski definition) is 2. The Morgan fingerprint density at radius 1 is 1.30 bits per heavy atom. The van der Waals surface area contributed by atoms with Crippen molar-refractivity contribution in [3.8, 4) is 0 Å². The van der Waals surface area contributed by atoms with Crippen LogP contribution >= 0.6 is 0 Å². The lowest BCUT2D eigenvalue weighted by molar-refractivity contribution is -0.130. The van der Waals surface area contributed by atoms with Gasteiger partial charge >= 0.3 is 0 Å². The summed E-state index contributed by atoms with van der Waals surface area (Å²) >= 11 is 0. The smallest absolute Gasteiger partial charge is 0.222 e. The van der Waals surface area contributed by atoms with Gasteiger partial charge in [0.15, 0.2) is 0 Å². The van der Waals surface area contributed by atoms with Gasteiger partial charge < -0.3 is 4.90 Å². The van der Waals surface area contributed by atoms with Gasteiger partial charge in [0.1, 0.15) is 5.82 Å². The second-order valence-electron chi connectivity index (χ2n) is 6.49. The van der Waals surface area contributed by atoms with Crippen LogP contribution in [0.3, 0.4) is 0 Å². The number of nitrogens with zero attached hydrogens (tertiary/aromatic N) is 2. The van der Waals surface area contributed by atoms with Crippen molar-refractivity contribution in [1.29, 1.82) is 0 Å². The van der Waals surface area contributed by atoms with Crippen LogP contribution in [0.1, 0.15) is 30.9 Å². The molecule has 1 aromatic carbocycles. The zero-order valence-corrected chi connectivity index (χ0v) is 13.3. The van der Waals surface area contributed by atoms with Crippen molar-refractivity contribution < 1.29 is 9.18 Å². The number of carbonyl (C=O) groups excluding carboxylic acids is 1. The standard InChI is InChI=1S/C19H21FN2O/c1-19(16-5-7-17(20)8-6-16)10-12-22(14-19)18(23)9-4-15-3-2-11-21-13-15/h2-3,5-8,11,13H,4,9-10,12,14H2,1H3. The predicted octanol–water partition coefficient (Wildman–Crippen LogP) is 3.34. The van der Waals surface area contributed by atoms with Crippen LogP contribution < -0.4 is 0 Å². The third-order valence-corrected chi connectivity index (χ3v) is 4.72. The maximum Gasteiger partial charge on any atom is 0.222 e. The monoisotopic (exact) mass is 312 g/mol. The molecular weight excluding hydrogens is 291 g/mol. The van der Waals surface area contributed by atoms with Gasteiger partial charge in [0, 0.05) is 37.3 Å². The number of carbonyl (C=O) groups is 1. The maximum atomic E-state index is 13.1. The van der Waals surface area contributed by atoms with Gasteiger partial charge in [0.2, 0.25) is 5.91 Å². The molecule has 23 heavy (non-hydrogen) atoms. The average Bonchev–Trinajstić information content (AvgIpc) is 2.98. The molecule has 1 atom stereocenters. The van der Waals surface area contributed by atoms with Gasteiger partial charge in [-0.3, -0.25) is 9.78 Å². The van der Waals surface area contributed by atoms with E-state index in [1.54, 1.807) is 12.4 Å². The van der Waals surface area contributed by atoms with Crippen molar-refractivity contribution in [2.75, 3.05) is 13.1 Å². The summed E-state index contributed by atoms with van der Waals surface area (Å²) < 4.78 is 13.1. The van der Waals surface area contributed by atoms with Crippen LogP contribution in [0.15, 0.2) is 48.8 Å². The van der Waals surface area contributed by atoms with E-state index in [-0.39, 0.29) is 17.1 Å². The maximum absolute atomic E-state index is 13.1. The lowest BCUT2D eigenvalue weighted by Crippen LogP contribution is -2.33. The Labute approximate surface area is 136 Å². The third-order valence-electron chi connectivity index (χ3n) is 4.72. The molecule has 1 aliphatic heterocycles. The Balaban J connectivity index is 1.60. The highest BCUT2D eigenvalue weighted by Crippen LogP contribution is 2.34. The zero-order valence-electron chi connectivity index (χ0n) is 13.3. The number of amides is 1. The average molecular weight is 312 g/mol. The normalized spacial score (nSPS) is 20.7. The number of aromatic nitrogens is 1. The number of benzene rings is 1. The van der Waals surface area contributed by atoms with Crippen LogP contribution in [-0.4, -0.2) is 28.9 Å². The Hall–Kier alpha value is -2.23. The zero-order chi connectivity index (χ0) is 16.3. The van der Waals surface area contributed by atoms with E-state index in [9.17, 15) is 9.18 Å². The largest absolute Gasteiger partial charge is 0.342 e. The fraction of sp³-hybridized carbons (Fsp3) is 0.368. The molecule has 3 nitrogen and oxygen atoms in total. The molecule has 0 spiro atoms. The van der Waals surface area contributed by atoms with Gasteiger partial charge in [-0.25, -0.2) is 4.39 Å². The van der Waals surface area contributed by atoms with Crippen molar-refractivity contribution in [2.45, 2.75) is 31.6 Å². The molecule has 2 aromatic rings. The molecule has 120 valence electrons. The minimum absolute atomic E-state index is 0.0857. The predicted molar refractivity (Wildman–Crippen MR) is 87.5 cm³/mol. The number of halogens is 1. The van der Waals surface area contributed by atoms with E-state index in [4.69, 9.17) is 0 Å². The fourth-order valence-corrected chi connectivity index (χ4v) is 3.22. The van der Waals surface area contributed by atoms with Gasteiger partial charge in [-0.1, -0.05) is 25.1 Å². The van der Waals surface area contributed by atoms with Gasteiger partial charge in [-0.05, 0) is 42.2 Å². The molecule has 1 saturated heterocycles. The minimum atomic E-state index is -0.222. The summed E-state index contributed by atoms with van der Waals surface area (Å²) in [6, 6.07) is 10.5. The van der Waals surface area contributed by atoms with Crippen molar-refractivity contribution in [1.82, 2.24) is 9.88 Å². The van der Waals surface area contributed by atoms with Crippen molar-refractivity contribution in [3.63, 3.8) is 0 Å². The number of rotatable bonds is 4. The van der Waals surface area contributed by atoms with E-state index in [0.717, 1.165) is 30.5 Å². The summed E-state index contributed by atoms with van der Waals surface area (Å²) in [6.45, 7) is 3.61. The minimum Gasteiger partial charge on any atom is -0.342 e. The van der Waals surface area contributed by atoms with E-state index < -0.39 is 0 Å². The topological polar surface area (TPSA) is 33.2 Å². The Kier molecular flexibility index (Phi) is 4.42. The van der Waals surface area contributed by atoms with Crippen LogP contribution in [0, 0.1) is 5.82 Å². The Morgan fingerprint density at radius 2 is 2.09 bits per heavy atom. The first kappa shape index (κ1) is 15.7. The first-order valence-electron chi connectivity index (χ1n) is 8.00. The molecule has 0 aliphatic carbocycles. The second-order valence-corrected chi connectivity index (χ2v) is 6.49. The molecule has 1 amide bonds. The Bertz CT molecular complexity index is 672. The summed E-state index contributed by atoms with van der Waals surface area (Å²) in [5.74, 6) is -0.0422. The van der Waals surface area contributed by atoms with Gasteiger partial charge in [-0.15, -0.1) is 0 Å². The van der Waals surface area contributed by atoms with E-state index in [2.05, 4.69) is 11.9 Å². The highest BCUT2D eigenvalue weighted by atomic mass is 19.1. The van der Waals surface area contributed by atoms with Crippen LogP contribution in [0.5, 0.6) is 0 Å². The third kappa shape index (κ3) is 3.58. The van der Waals surface area contributed by atoms with E-state index in [0.29, 0.717) is 13.0 Å². The number of likely N-dealkylation sites (tertiary alicyclic amines) is 1. The van der Waals surface area contributed by atoms with Crippen LogP contribution in [0.2, 0.25) is 0 Å². The molecule has 0 N–H and O–H groups in total. The van der Waals surface area contributed by atoms with E-state index in [1.807, 2.05) is 29.2 Å². The number of aryl methyl sites for hydroxylation is 1. The molecule has 1 unspecified atom stereocenters. The van der Waals surface area contributed by atoms with Gasteiger partial charge in [0.25, 0.3) is 0 Å². The molecule has 1 fully saturated rings. The quantitative estimate of drug-likeness (QED) is 0.867. The van der Waals surface area contributed by atoms with Crippen molar-refractivity contribution >= 4 is 5.91 Å². The molecule has 0 bridgehead atoms. The summed E-state index contributed by atoms with van der Waals surface area (Å²) in [5.41, 5.74) is 2.10. The second kappa shape index (κ2) is 6.49. The fourth-order valence-electron chi connectivity index (χ4n) is 3.22. The molecule has 1 aliphatic rings. The first-order valence-corrected chi connectivity index (χ1v) is 8.00. The molecule has 2 heterocycles. The lowest BCUT2D eigenvalue weighted by Gasteiger charge is -2.25. The summed E-state index contributed by atoms with van der Waals surface area (Å²) in [5, 5.41) is 0. The molecule has 0 radical (unpaired) electrons. The van der Waals surface area contributed by atoms with Crippen molar-refractivity contribution in [2.24, 2.45) is 0 Å².